The predicted molar refractivity (Wildman–Crippen MR) is 97.9 cm³/mol. The van der Waals surface area contributed by atoms with Gasteiger partial charge in [0, 0.05) is 12.1 Å². The highest BCUT2D eigenvalue weighted by atomic mass is 16.6. The van der Waals surface area contributed by atoms with E-state index in [9.17, 15) is 9.59 Å². The van der Waals surface area contributed by atoms with Crippen LogP contribution in [0, 0.1) is 13.8 Å². The fourth-order valence-corrected chi connectivity index (χ4v) is 3.12. The van der Waals surface area contributed by atoms with E-state index in [1.54, 1.807) is 13.0 Å². The van der Waals surface area contributed by atoms with Gasteiger partial charge in [-0.15, -0.1) is 0 Å². The Labute approximate surface area is 148 Å². The minimum Gasteiger partial charge on any atom is -0.445 e. The van der Waals surface area contributed by atoms with Crippen LogP contribution in [0.25, 0.3) is 0 Å². The van der Waals surface area contributed by atoms with E-state index in [0.717, 1.165) is 34.4 Å². The number of carbonyl (C=O) groups excluding carboxylic acids is 2. The second kappa shape index (κ2) is 6.36. The monoisotopic (exact) mass is 337 g/mol. The van der Waals surface area contributed by atoms with Crippen LogP contribution < -0.4 is 5.32 Å². The summed E-state index contributed by atoms with van der Waals surface area (Å²) < 4.78 is 5.53. The number of rotatable bonds is 3. The molecule has 0 spiro atoms. The first kappa shape index (κ1) is 17.2. The van der Waals surface area contributed by atoms with Crippen molar-refractivity contribution in [3.63, 3.8) is 0 Å². The average Bonchev–Trinajstić information content (AvgIpc) is 2.57. The summed E-state index contributed by atoms with van der Waals surface area (Å²) in [7, 11) is 0. The molecule has 1 aliphatic rings. The summed E-state index contributed by atoms with van der Waals surface area (Å²) in [5.41, 5.74) is 4.12. The van der Waals surface area contributed by atoms with Gasteiger partial charge in [0.15, 0.2) is 5.60 Å². The first-order chi connectivity index (χ1) is 11.8. The molecule has 4 heteroatoms. The number of fused-ring (bicyclic) bond motifs is 1. The Hall–Kier alpha value is -2.62. The van der Waals surface area contributed by atoms with Gasteiger partial charge in [0.05, 0.1) is 5.56 Å². The van der Waals surface area contributed by atoms with Crippen molar-refractivity contribution in [2.45, 2.75) is 46.1 Å². The Morgan fingerprint density at radius 3 is 2.68 bits per heavy atom. The number of esters is 1. The molecule has 2 aromatic rings. The molecule has 1 unspecified atom stereocenters. The fraction of sp³-hybridized carbons (Fsp3) is 0.333. The first-order valence-corrected chi connectivity index (χ1v) is 8.56. The van der Waals surface area contributed by atoms with Crippen LogP contribution in [0.2, 0.25) is 0 Å². The van der Waals surface area contributed by atoms with Gasteiger partial charge in [-0.3, -0.25) is 4.79 Å². The summed E-state index contributed by atoms with van der Waals surface area (Å²) in [5, 5.41) is 2.93. The highest BCUT2D eigenvalue weighted by molar-refractivity contribution is 6.02. The Bertz CT molecular complexity index is 856. The van der Waals surface area contributed by atoms with E-state index in [4.69, 9.17) is 4.74 Å². The lowest BCUT2D eigenvalue weighted by Gasteiger charge is -2.33. The van der Waals surface area contributed by atoms with Crippen molar-refractivity contribution in [2.24, 2.45) is 0 Å². The Balaban J connectivity index is 1.89. The number of hydrogen-bond donors (Lipinski definition) is 1. The second-order valence-corrected chi connectivity index (χ2v) is 6.91. The molecule has 0 aliphatic carbocycles. The van der Waals surface area contributed by atoms with Crippen molar-refractivity contribution in [1.29, 1.82) is 0 Å². The molecule has 0 saturated heterocycles. The largest absolute Gasteiger partial charge is 0.445 e. The topological polar surface area (TPSA) is 55.4 Å². The zero-order chi connectivity index (χ0) is 18.2. The van der Waals surface area contributed by atoms with Crippen LogP contribution >= 0.6 is 0 Å². The molecule has 1 N–H and O–H groups in total. The Morgan fingerprint density at radius 2 is 1.96 bits per heavy atom. The van der Waals surface area contributed by atoms with Gasteiger partial charge in [0.2, 0.25) is 0 Å². The van der Waals surface area contributed by atoms with Crippen molar-refractivity contribution in [1.82, 2.24) is 0 Å². The molecule has 0 radical (unpaired) electrons. The summed E-state index contributed by atoms with van der Waals surface area (Å²) in [6.45, 7) is 7.65. The quantitative estimate of drug-likeness (QED) is 0.862. The molecule has 1 atom stereocenters. The smallest absolute Gasteiger partial charge is 0.339 e. The predicted octanol–water partition coefficient (Wildman–Crippen LogP) is 3.98. The van der Waals surface area contributed by atoms with E-state index >= 15 is 0 Å². The van der Waals surface area contributed by atoms with Gasteiger partial charge in [0.1, 0.15) is 0 Å². The third-order valence-electron chi connectivity index (χ3n) is 4.77. The molecule has 25 heavy (non-hydrogen) atoms. The molecule has 0 fully saturated rings. The zero-order valence-electron chi connectivity index (χ0n) is 15.1. The minimum absolute atomic E-state index is 0.304. The normalized spacial score (nSPS) is 19.1. The number of nitrogens with one attached hydrogen (secondary N) is 1. The first-order valence-electron chi connectivity index (χ1n) is 8.56. The molecule has 1 amide bonds. The molecule has 3 rings (SSSR count). The van der Waals surface area contributed by atoms with E-state index in [-0.39, 0.29) is 5.91 Å². The lowest BCUT2D eigenvalue weighted by Crippen LogP contribution is -2.49. The summed E-state index contributed by atoms with van der Waals surface area (Å²) in [6.07, 6.45) is 1.26. The molecule has 4 nitrogen and oxygen atoms in total. The summed E-state index contributed by atoms with van der Waals surface area (Å²) >= 11 is 0. The van der Waals surface area contributed by atoms with Crippen LogP contribution in [0.1, 0.15) is 46.5 Å². The maximum absolute atomic E-state index is 12.9. The lowest BCUT2D eigenvalue weighted by atomic mass is 9.88. The van der Waals surface area contributed by atoms with Crippen LogP contribution in [0.15, 0.2) is 36.4 Å². The second-order valence-electron chi connectivity index (χ2n) is 6.91. The van der Waals surface area contributed by atoms with Crippen LogP contribution in [0.3, 0.4) is 0 Å². The number of benzene rings is 2. The standard InChI is InChI=1S/C21H23NO3/c1-5-15-8-9-17-16(11-15)12-21(4,25-19(17)23)20(24)22-18-10-13(2)6-7-14(18)3/h6-11H,5,12H2,1-4H3,(H,22,24). The highest BCUT2D eigenvalue weighted by Crippen LogP contribution is 2.30. The van der Waals surface area contributed by atoms with Crippen molar-refractivity contribution in [3.05, 3.63) is 64.2 Å². The van der Waals surface area contributed by atoms with Gasteiger partial charge in [-0.2, -0.15) is 0 Å². The number of amides is 1. The van der Waals surface area contributed by atoms with Crippen molar-refractivity contribution >= 4 is 17.6 Å². The van der Waals surface area contributed by atoms with E-state index in [1.165, 1.54) is 0 Å². The highest BCUT2D eigenvalue weighted by Gasteiger charge is 2.42. The number of carbonyl (C=O) groups is 2. The van der Waals surface area contributed by atoms with Crippen LogP contribution in [-0.2, 0) is 22.4 Å². The number of hydrogen-bond acceptors (Lipinski definition) is 3. The van der Waals surface area contributed by atoms with Gasteiger partial charge in [-0.25, -0.2) is 4.79 Å². The third-order valence-corrected chi connectivity index (χ3v) is 4.77. The van der Waals surface area contributed by atoms with Crippen molar-refractivity contribution in [3.8, 4) is 0 Å². The van der Waals surface area contributed by atoms with Gasteiger partial charge >= 0.3 is 5.97 Å². The molecule has 130 valence electrons. The van der Waals surface area contributed by atoms with Crippen molar-refractivity contribution in [2.75, 3.05) is 5.32 Å². The molecule has 1 aliphatic heterocycles. The summed E-state index contributed by atoms with van der Waals surface area (Å²) in [6, 6.07) is 11.6. The Kier molecular flexibility index (Phi) is 4.38. The van der Waals surface area contributed by atoms with Crippen molar-refractivity contribution < 1.29 is 14.3 Å². The third kappa shape index (κ3) is 3.29. The fourth-order valence-electron chi connectivity index (χ4n) is 3.12. The summed E-state index contributed by atoms with van der Waals surface area (Å²) in [5.74, 6) is -0.746. The van der Waals surface area contributed by atoms with E-state index in [1.807, 2.05) is 44.2 Å². The van der Waals surface area contributed by atoms with Crippen LogP contribution in [-0.4, -0.2) is 17.5 Å². The van der Waals surface area contributed by atoms with Gasteiger partial charge in [-0.05, 0) is 61.6 Å². The molecular formula is C21H23NO3. The van der Waals surface area contributed by atoms with Gasteiger partial charge in [0.25, 0.3) is 5.91 Å². The lowest BCUT2D eigenvalue weighted by molar-refractivity contribution is -0.134. The van der Waals surface area contributed by atoms with Gasteiger partial charge < -0.3 is 10.1 Å². The van der Waals surface area contributed by atoms with E-state index < -0.39 is 11.6 Å². The number of anilines is 1. The maximum atomic E-state index is 12.9. The van der Waals surface area contributed by atoms with Crippen LogP contribution in [0.5, 0.6) is 0 Å². The maximum Gasteiger partial charge on any atom is 0.339 e. The minimum atomic E-state index is -1.22. The Morgan fingerprint density at radius 1 is 1.20 bits per heavy atom. The molecule has 0 aromatic heterocycles. The summed E-state index contributed by atoms with van der Waals surface area (Å²) in [4.78, 5) is 25.3. The molecule has 0 saturated carbocycles. The SMILES string of the molecule is CCc1ccc2c(c1)CC(C)(C(=O)Nc1cc(C)ccc1C)OC2=O. The number of cyclic esters (lactones) is 1. The molecule has 2 aromatic carbocycles. The zero-order valence-corrected chi connectivity index (χ0v) is 15.1. The van der Waals surface area contributed by atoms with E-state index in [0.29, 0.717) is 12.0 Å². The van der Waals surface area contributed by atoms with Gasteiger partial charge in [-0.1, -0.05) is 31.2 Å². The van der Waals surface area contributed by atoms with Crippen LogP contribution in [0.4, 0.5) is 5.69 Å². The molecule has 1 heterocycles. The number of ether oxygens (including phenoxy) is 1. The average molecular weight is 337 g/mol. The number of aryl methyl sites for hydroxylation is 3. The molecular weight excluding hydrogens is 314 g/mol. The van der Waals surface area contributed by atoms with E-state index in [2.05, 4.69) is 12.2 Å². The molecule has 0 bridgehead atoms.